The smallest absolute Gasteiger partial charge is 0.417 e. The van der Waals surface area contributed by atoms with E-state index in [9.17, 15) is 18.0 Å². The molecule has 2 atom stereocenters. The summed E-state index contributed by atoms with van der Waals surface area (Å²) in [6, 6.07) is 0.715. The summed E-state index contributed by atoms with van der Waals surface area (Å²) >= 11 is 6.13. The molecule has 11 heteroatoms. The van der Waals surface area contributed by atoms with Crippen molar-refractivity contribution in [2.75, 3.05) is 24.5 Å². The van der Waals surface area contributed by atoms with Crippen LogP contribution in [0.1, 0.15) is 42.9 Å². The molecule has 2 aromatic heterocycles. The van der Waals surface area contributed by atoms with E-state index in [4.69, 9.17) is 16.3 Å². The molecular formula is C21H21ClF3N5O2. The summed E-state index contributed by atoms with van der Waals surface area (Å²) in [6.45, 7) is 1.18. The van der Waals surface area contributed by atoms with E-state index in [2.05, 4.69) is 15.0 Å². The zero-order chi connectivity index (χ0) is 22.5. The number of pyridine rings is 1. The maximum atomic E-state index is 12.9. The highest BCUT2D eigenvalue weighted by Gasteiger charge is 2.40. The van der Waals surface area contributed by atoms with Gasteiger partial charge in [-0.3, -0.25) is 9.78 Å². The Kier molecular flexibility index (Phi) is 5.35. The fourth-order valence-electron chi connectivity index (χ4n) is 4.32. The minimum atomic E-state index is -4.52. The molecule has 2 aliphatic heterocycles. The second-order valence-corrected chi connectivity index (χ2v) is 8.86. The van der Waals surface area contributed by atoms with Crippen LogP contribution in [0.4, 0.5) is 19.0 Å². The summed E-state index contributed by atoms with van der Waals surface area (Å²) in [5, 5.41) is -0.0856. The minimum absolute atomic E-state index is 0.0261. The highest BCUT2D eigenvalue weighted by molar-refractivity contribution is 6.33. The second kappa shape index (κ2) is 8.06. The number of aromatic nitrogens is 3. The number of rotatable bonds is 4. The van der Waals surface area contributed by atoms with Crippen molar-refractivity contribution in [3.05, 3.63) is 40.9 Å². The normalized spacial score (nSPS) is 23.8. The Morgan fingerprint density at radius 1 is 1.09 bits per heavy atom. The van der Waals surface area contributed by atoms with Crippen LogP contribution in [0.3, 0.4) is 0 Å². The maximum absolute atomic E-state index is 12.9. The van der Waals surface area contributed by atoms with Crippen LogP contribution in [0.25, 0.3) is 0 Å². The SMILES string of the molecule is O=C1CCN(c2ncc(C(F)(F)F)cc2Cl)C[C@@H]2C[C@@H](Oc3cnc(C4CC4)cn3)CN12. The van der Waals surface area contributed by atoms with Crippen LogP contribution >= 0.6 is 11.6 Å². The van der Waals surface area contributed by atoms with Gasteiger partial charge in [-0.05, 0) is 18.9 Å². The van der Waals surface area contributed by atoms with Gasteiger partial charge in [0.1, 0.15) is 11.9 Å². The predicted molar refractivity (Wildman–Crippen MR) is 110 cm³/mol. The van der Waals surface area contributed by atoms with Gasteiger partial charge in [0.2, 0.25) is 11.8 Å². The molecule has 7 nitrogen and oxygen atoms in total. The van der Waals surface area contributed by atoms with Crippen molar-refractivity contribution in [2.24, 2.45) is 0 Å². The lowest BCUT2D eigenvalue weighted by Gasteiger charge is -2.27. The number of anilines is 1. The monoisotopic (exact) mass is 467 g/mol. The molecule has 5 rings (SSSR count). The number of alkyl halides is 3. The summed E-state index contributed by atoms with van der Waals surface area (Å²) in [5.41, 5.74) is 0.0753. The van der Waals surface area contributed by atoms with Crippen molar-refractivity contribution in [3.8, 4) is 5.88 Å². The molecule has 2 aromatic rings. The third-order valence-corrected chi connectivity index (χ3v) is 6.38. The van der Waals surface area contributed by atoms with Gasteiger partial charge in [0, 0.05) is 38.0 Å². The van der Waals surface area contributed by atoms with E-state index in [1.165, 1.54) is 0 Å². The fraction of sp³-hybridized carbons (Fsp3) is 0.524. The number of fused-ring (bicyclic) bond motifs is 1. The van der Waals surface area contributed by atoms with Gasteiger partial charge in [0.15, 0.2) is 0 Å². The first-order valence-electron chi connectivity index (χ1n) is 10.5. The molecule has 0 radical (unpaired) electrons. The molecule has 1 aliphatic carbocycles. The second-order valence-electron chi connectivity index (χ2n) is 8.45. The molecule has 1 amide bonds. The Labute approximate surface area is 187 Å². The Morgan fingerprint density at radius 2 is 1.91 bits per heavy atom. The van der Waals surface area contributed by atoms with E-state index in [1.807, 2.05) is 0 Å². The largest absolute Gasteiger partial charge is 0.471 e. The van der Waals surface area contributed by atoms with Gasteiger partial charge >= 0.3 is 6.18 Å². The van der Waals surface area contributed by atoms with E-state index in [0.29, 0.717) is 37.9 Å². The van der Waals surface area contributed by atoms with E-state index >= 15 is 0 Å². The number of hydrogen-bond donors (Lipinski definition) is 0. The molecule has 170 valence electrons. The summed E-state index contributed by atoms with van der Waals surface area (Å²) in [5.74, 6) is 1.16. The molecule has 32 heavy (non-hydrogen) atoms. The molecule has 0 N–H and O–H groups in total. The van der Waals surface area contributed by atoms with Crippen molar-refractivity contribution >= 4 is 23.3 Å². The van der Waals surface area contributed by atoms with Gasteiger partial charge in [-0.1, -0.05) is 11.6 Å². The zero-order valence-corrected chi connectivity index (χ0v) is 17.8. The lowest BCUT2D eigenvalue weighted by Crippen LogP contribution is -2.39. The minimum Gasteiger partial charge on any atom is -0.471 e. The van der Waals surface area contributed by atoms with Gasteiger partial charge in [-0.15, -0.1) is 0 Å². The van der Waals surface area contributed by atoms with Gasteiger partial charge in [-0.2, -0.15) is 13.2 Å². The van der Waals surface area contributed by atoms with Crippen LogP contribution in [0.15, 0.2) is 24.7 Å². The molecule has 0 unspecified atom stereocenters. The van der Waals surface area contributed by atoms with Crippen LogP contribution in [0, 0.1) is 0 Å². The van der Waals surface area contributed by atoms with Crippen molar-refractivity contribution in [1.82, 2.24) is 19.9 Å². The van der Waals surface area contributed by atoms with Crippen LogP contribution in [0.2, 0.25) is 5.02 Å². The van der Waals surface area contributed by atoms with Crippen molar-refractivity contribution in [3.63, 3.8) is 0 Å². The van der Waals surface area contributed by atoms with Gasteiger partial charge in [-0.25, -0.2) is 9.97 Å². The van der Waals surface area contributed by atoms with Crippen molar-refractivity contribution in [1.29, 1.82) is 0 Å². The van der Waals surface area contributed by atoms with Gasteiger partial charge < -0.3 is 14.5 Å². The molecule has 3 aliphatic rings. The summed E-state index contributed by atoms with van der Waals surface area (Å²) in [7, 11) is 0. The number of halogens is 4. The van der Waals surface area contributed by atoms with Gasteiger partial charge in [0.05, 0.1) is 41.3 Å². The number of ether oxygens (including phenoxy) is 1. The Hall–Kier alpha value is -2.62. The highest BCUT2D eigenvalue weighted by atomic mass is 35.5. The average Bonchev–Trinajstić information content (AvgIpc) is 3.54. The maximum Gasteiger partial charge on any atom is 0.417 e. The Morgan fingerprint density at radius 3 is 2.56 bits per heavy atom. The zero-order valence-electron chi connectivity index (χ0n) is 17.1. The topological polar surface area (TPSA) is 71.5 Å². The summed E-state index contributed by atoms with van der Waals surface area (Å²) in [6.07, 6.45) is 2.47. The highest BCUT2D eigenvalue weighted by Crippen LogP contribution is 2.39. The van der Waals surface area contributed by atoms with Gasteiger partial charge in [0.25, 0.3) is 0 Å². The quantitative estimate of drug-likeness (QED) is 0.683. The number of hydrogen-bond acceptors (Lipinski definition) is 6. The van der Waals surface area contributed by atoms with Crippen molar-refractivity contribution < 1.29 is 22.7 Å². The van der Waals surface area contributed by atoms with Crippen LogP contribution < -0.4 is 9.64 Å². The van der Waals surface area contributed by atoms with Crippen LogP contribution in [0.5, 0.6) is 5.88 Å². The predicted octanol–water partition coefficient (Wildman–Crippen LogP) is 3.68. The molecule has 0 spiro atoms. The molecule has 4 heterocycles. The van der Waals surface area contributed by atoms with E-state index in [-0.39, 0.29) is 35.3 Å². The molecule has 0 aromatic carbocycles. The van der Waals surface area contributed by atoms with Crippen molar-refractivity contribution in [2.45, 2.75) is 49.9 Å². The average molecular weight is 468 g/mol. The number of carbonyl (C=O) groups is 1. The third kappa shape index (κ3) is 4.32. The lowest BCUT2D eigenvalue weighted by molar-refractivity contribution is -0.137. The number of amides is 1. The molecule has 0 bridgehead atoms. The fourth-order valence-corrected chi connectivity index (χ4v) is 4.60. The first kappa shape index (κ1) is 21.2. The van der Waals surface area contributed by atoms with E-state index in [1.54, 1.807) is 22.2 Å². The van der Waals surface area contributed by atoms with Crippen LogP contribution in [-0.4, -0.2) is 57.5 Å². The lowest BCUT2D eigenvalue weighted by atomic mass is 10.2. The van der Waals surface area contributed by atoms with Crippen LogP contribution in [-0.2, 0) is 11.0 Å². The number of nitrogens with zero attached hydrogens (tertiary/aromatic N) is 5. The number of carbonyl (C=O) groups excluding carboxylic acids is 1. The Bertz CT molecular complexity index is 1020. The summed E-state index contributed by atoms with van der Waals surface area (Å²) < 4.78 is 44.8. The summed E-state index contributed by atoms with van der Waals surface area (Å²) in [4.78, 5) is 28.9. The molecular weight excluding hydrogens is 447 g/mol. The first-order chi connectivity index (χ1) is 15.3. The first-order valence-corrected chi connectivity index (χ1v) is 10.9. The standard InChI is InChI=1S/C21H21ClF3N5O2/c22-16-5-13(21(23,24)25)7-28-20(16)29-4-3-19(31)30-11-15(6-14(30)10-29)32-18-9-26-17(8-27-18)12-1-2-12/h5,7-9,12,14-15H,1-4,6,10-11H2/t14-,15+/m0/s1. The Balaban J connectivity index is 1.28. The molecule has 3 fully saturated rings. The molecule has 1 saturated carbocycles. The molecule has 2 saturated heterocycles. The van der Waals surface area contributed by atoms with E-state index in [0.717, 1.165) is 30.8 Å². The third-order valence-electron chi connectivity index (χ3n) is 6.10. The van der Waals surface area contributed by atoms with E-state index < -0.39 is 11.7 Å².